The Morgan fingerprint density at radius 3 is 2.56 bits per heavy atom. The summed E-state index contributed by atoms with van der Waals surface area (Å²) in [4.78, 5) is 43.4. The molecule has 0 aliphatic carbocycles. The number of H-pyrrole nitrogens is 1. The molecule has 0 saturated heterocycles. The van der Waals surface area contributed by atoms with E-state index < -0.39 is 11.9 Å². The number of carbonyl (C=O) groups excluding carboxylic acids is 2. The predicted molar refractivity (Wildman–Crippen MR) is 101 cm³/mol. The molecule has 1 aromatic heterocycles. The normalized spacial score (nSPS) is 11.9. The minimum absolute atomic E-state index is 0.178. The van der Waals surface area contributed by atoms with Gasteiger partial charge in [0.1, 0.15) is 11.6 Å². The summed E-state index contributed by atoms with van der Waals surface area (Å²) in [7, 11) is 0. The molecule has 1 heterocycles. The highest BCUT2D eigenvalue weighted by molar-refractivity contribution is 5.79. The van der Waals surface area contributed by atoms with Gasteiger partial charge in [-0.2, -0.15) is 0 Å². The van der Waals surface area contributed by atoms with E-state index in [2.05, 4.69) is 9.97 Å². The summed E-state index contributed by atoms with van der Waals surface area (Å²) in [5.74, 6) is -1.39. The monoisotopic (exact) mass is 374 g/mol. The highest BCUT2D eigenvalue weighted by Crippen LogP contribution is 2.22. The standard InChI is InChI=1S/C20H26N2O5/c1-3-26-17(23)13-7-5-6-10-14(20(25)27-4-2)18-19(24)22-16-12-9-8-11-15(16)21-18/h8-9,11-12,14H,3-7,10,13H2,1-2H3,(H,22,24)/t14-/m1/s1. The van der Waals surface area contributed by atoms with E-state index >= 15 is 0 Å². The highest BCUT2D eigenvalue weighted by atomic mass is 16.5. The summed E-state index contributed by atoms with van der Waals surface area (Å²) in [6.07, 6.45) is 2.90. The second-order valence-corrected chi connectivity index (χ2v) is 6.18. The van der Waals surface area contributed by atoms with Crippen molar-refractivity contribution >= 4 is 23.0 Å². The number of hydrogen-bond acceptors (Lipinski definition) is 6. The first-order valence-corrected chi connectivity index (χ1v) is 9.38. The number of benzene rings is 1. The first kappa shape index (κ1) is 20.6. The Bertz CT molecular complexity index is 830. The number of aromatic amines is 1. The SMILES string of the molecule is CCOC(=O)CCCCC[C@@H](C(=O)OCC)c1nc2ccccc2[nH]c1=O. The van der Waals surface area contributed by atoms with E-state index in [4.69, 9.17) is 9.47 Å². The summed E-state index contributed by atoms with van der Waals surface area (Å²) in [5, 5.41) is 0. The average Bonchev–Trinajstić information content (AvgIpc) is 2.65. The zero-order valence-corrected chi connectivity index (χ0v) is 15.8. The van der Waals surface area contributed by atoms with Crippen LogP contribution in [0.4, 0.5) is 0 Å². The summed E-state index contributed by atoms with van der Waals surface area (Å²) >= 11 is 0. The van der Waals surface area contributed by atoms with Crippen LogP contribution in [0.25, 0.3) is 11.0 Å². The molecule has 1 aromatic carbocycles. The van der Waals surface area contributed by atoms with Crippen LogP contribution < -0.4 is 5.56 Å². The number of nitrogens with zero attached hydrogens (tertiary/aromatic N) is 1. The molecule has 2 aromatic rings. The van der Waals surface area contributed by atoms with Crippen molar-refractivity contribution in [1.82, 2.24) is 9.97 Å². The van der Waals surface area contributed by atoms with Crippen molar-refractivity contribution in [3.8, 4) is 0 Å². The topological polar surface area (TPSA) is 98.3 Å². The van der Waals surface area contributed by atoms with Gasteiger partial charge >= 0.3 is 11.9 Å². The molecule has 7 nitrogen and oxygen atoms in total. The van der Waals surface area contributed by atoms with E-state index in [0.717, 1.165) is 6.42 Å². The summed E-state index contributed by atoms with van der Waals surface area (Å²) in [5.41, 5.74) is 1.06. The number of rotatable bonds is 10. The van der Waals surface area contributed by atoms with E-state index in [1.54, 1.807) is 26.0 Å². The maximum absolute atomic E-state index is 12.4. The maximum Gasteiger partial charge on any atom is 0.315 e. The van der Waals surface area contributed by atoms with Gasteiger partial charge < -0.3 is 14.5 Å². The van der Waals surface area contributed by atoms with Crippen LogP contribution in [-0.4, -0.2) is 35.1 Å². The number of hydrogen-bond donors (Lipinski definition) is 1. The molecule has 0 aliphatic rings. The molecule has 27 heavy (non-hydrogen) atoms. The molecular weight excluding hydrogens is 348 g/mol. The van der Waals surface area contributed by atoms with E-state index in [-0.39, 0.29) is 23.8 Å². The molecule has 0 fully saturated rings. The van der Waals surface area contributed by atoms with E-state index in [1.165, 1.54) is 0 Å². The third-order valence-corrected chi connectivity index (χ3v) is 4.21. The van der Waals surface area contributed by atoms with Crippen LogP contribution in [0.2, 0.25) is 0 Å². The lowest BCUT2D eigenvalue weighted by molar-refractivity contribution is -0.145. The van der Waals surface area contributed by atoms with Gasteiger partial charge in [-0.25, -0.2) is 4.98 Å². The van der Waals surface area contributed by atoms with Gasteiger partial charge in [0.2, 0.25) is 0 Å². The number of carbonyl (C=O) groups is 2. The lowest BCUT2D eigenvalue weighted by atomic mass is 9.97. The number of para-hydroxylation sites is 2. The minimum atomic E-state index is -0.721. The van der Waals surface area contributed by atoms with Gasteiger partial charge in [-0.1, -0.05) is 25.0 Å². The van der Waals surface area contributed by atoms with Crippen molar-refractivity contribution in [1.29, 1.82) is 0 Å². The highest BCUT2D eigenvalue weighted by Gasteiger charge is 2.26. The van der Waals surface area contributed by atoms with Crippen LogP contribution in [0.3, 0.4) is 0 Å². The van der Waals surface area contributed by atoms with E-state index in [1.807, 2.05) is 12.1 Å². The molecule has 1 N–H and O–H groups in total. The van der Waals surface area contributed by atoms with Crippen molar-refractivity contribution in [2.75, 3.05) is 13.2 Å². The number of esters is 2. The molecule has 1 atom stereocenters. The molecule has 0 radical (unpaired) electrons. The van der Waals surface area contributed by atoms with E-state index in [0.29, 0.717) is 43.3 Å². The number of unbranched alkanes of at least 4 members (excludes halogenated alkanes) is 2. The van der Waals surface area contributed by atoms with Crippen LogP contribution in [-0.2, 0) is 19.1 Å². The van der Waals surface area contributed by atoms with Crippen LogP contribution in [0.1, 0.15) is 57.6 Å². The quantitative estimate of drug-likeness (QED) is 0.507. The summed E-state index contributed by atoms with van der Waals surface area (Å²) in [6.45, 7) is 4.12. The second kappa shape index (κ2) is 10.4. The van der Waals surface area contributed by atoms with Crippen molar-refractivity contribution in [2.45, 2.75) is 51.9 Å². The van der Waals surface area contributed by atoms with Gasteiger partial charge in [-0.15, -0.1) is 0 Å². The maximum atomic E-state index is 12.4. The fourth-order valence-electron chi connectivity index (χ4n) is 2.92. The third-order valence-electron chi connectivity index (χ3n) is 4.21. The number of aromatic nitrogens is 2. The Morgan fingerprint density at radius 2 is 1.81 bits per heavy atom. The Hall–Kier alpha value is -2.70. The lowest BCUT2D eigenvalue weighted by Crippen LogP contribution is -2.25. The molecular formula is C20H26N2O5. The zero-order chi connectivity index (χ0) is 19.6. The Balaban J connectivity index is 2.08. The van der Waals surface area contributed by atoms with E-state index in [9.17, 15) is 14.4 Å². The number of nitrogens with one attached hydrogen (secondary N) is 1. The minimum Gasteiger partial charge on any atom is -0.466 e. The van der Waals surface area contributed by atoms with Gasteiger partial charge in [-0.3, -0.25) is 14.4 Å². The second-order valence-electron chi connectivity index (χ2n) is 6.18. The molecule has 146 valence electrons. The third kappa shape index (κ3) is 5.91. The van der Waals surface area contributed by atoms with Crippen molar-refractivity contribution < 1.29 is 19.1 Å². The van der Waals surface area contributed by atoms with Crippen molar-refractivity contribution in [3.63, 3.8) is 0 Å². The molecule has 0 aliphatic heterocycles. The fraction of sp³-hybridized carbons (Fsp3) is 0.500. The van der Waals surface area contributed by atoms with Gasteiger partial charge in [0.25, 0.3) is 5.56 Å². The van der Waals surface area contributed by atoms with Gasteiger partial charge in [-0.05, 0) is 38.8 Å². The molecule has 2 rings (SSSR count). The molecule has 0 bridgehead atoms. The Kier molecular flexibility index (Phi) is 7.98. The Morgan fingerprint density at radius 1 is 1.07 bits per heavy atom. The average molecular weight is 374 g/mol. The van der Waals surface area contributed by atoms with Crippen LogP contribution in [0.5, 0.6) is 0 Å². The van der Waals surface area contributed by atoms with Crippen molar-refractivity contribution in [3.05, 3.63) is 40.3 Å². The molecule has 0 amide bonds. The van der Waals surface area contributed by atoms with Gasteiger partial charge in [0.05, 0.1) is 24.2 Å². The zero-order valence-electron chi connectivity index (χ0n) is 15.8. The fourth-order valence-corrected chi connectivity index (χ4v) is 2.92. The largest absolute Gasteiger partial charge is 0.466 e. The molecule has 0 unspecified atom stereocenters. The van der Waals surface area contributed by atoms with Crippen LogP contribution in [0.15, 0.2) is 29.1 Å². The Labute approximate surface area is 158 Å². The lowest BCUT2D eigenvalue weighted by Gasteiger charge is -2.15. The predicted octanol–water partition coefficient (Wildman–Crippen LogP) is 3.08. The summed E-state index contributed by atoms with van der Waals surface area (Å²) < 4.78 is 10.0. The van der Waals surface area contributed by atoms with Crippen LogP contribution >= 0.6 is 0 Å². The molecule has 0 saturated carbocycles. The van der Waals surface area contributed by atoms with Gasteiger partial charge in [0.15, 0.2) is 0 Å². The van der Waals surface area contributed by atoms with Crippen molar-refractivity contribution in [2.24, 2.45) is 0 Å². The number of ether oxygens (including phenoxy) is 2. The molecule has 7 heteroatoms. The first-order chi connectivity index (χ1) is 13.1. The molecule has 0 spiro atoms. The number of fused-ring (bicyclic) bond motifs is 1. The summed E-state index contributed by atoms with van der Waals surface area (Å²) in [6, 6.07) is 7.19. The smallest absolute Gasteiger partial charge is 0.315 e. The van der Waals surface area contributed by atoms with Crippen LogP contribution in [0, 0.1) is 0 Å². The first-order valence-electron chi connectivity index (χ1n) is 9.38. The van der Waals surface area contributed by atoms with Gasteiger partial charge in [0, 0.05) is 6.42 Å².